The highest BCUT2D eigenvalue weighted by Crippen LogP contribution is 2.47. The number of aromatic nitrogens is 2. The number of hydrogen-bond donors (Lipinski definition) is 1. The number of aliphatic imine (C=N–C) groups is 1. The Morgan fingerprint density at radius 1 is 1.24 bits per heavy atom. The normalized spacial score (nSPS) is 24.9. The standard InChI is InChI=1S/C19H20F3N5OS/c1-17(2)6-24-16(29-17)14-18(7-23-14)8-27(9-18)15-12-5-11(28-19(20,21)22)3-4-13(12)25-10-26-15/h3-5,10,14,23H,6-9H2,1-2H3. The van der Waals surface area contributed by atoms with Crippen LogP contribution in [-0.2, 0) is 0 Å². The lowest BCUT2D eigenvalue weighted by molar-refractivity contribution is -0.274. The molecule has 154 valence electrons. The van der Waals surface area contributed by atoms with Crippen molar-refractivity contribution < 1.29 is 17.9 Å². The van der Waals surface area contributed by atoms with Gasteiger partial charge < -0.3 is 15.0 Å². The number of thioether (sulfide) groups is 1. The number of rotatable bonds is 3. The van der Waals surface area contributed by atoms with E-state index in [-0.39, 0.29) is 22.0 Å². The smallest absolute Gasteiger partial charge is 0.406 e. The first-order valence-corrected chi connectivity index (χ1v) is 10.2. The Hall–Kier alpha value is -2.07. The zero-order chi connectivity index (χ0) is 20.4. The van der Waals surface area contributed by atoms with E-state index >= 15 is 0 Å². The summed E-state index contributed by atoms with van der Waals surface area (Å²) in [5.41, 5.74) is 0.690. The molecule has 1 spiro atoms. The Bertz CT molecular complexity index is 1000. The third-order valence-corrected chi connectivity index (χ3v) is 6.90. The van der Waals surface area contributed by atoms with Crippen molar-refractivity contribution in [3.8, 4) is 5.75 Å². The van der Waals surface area contributed by atoms with Gasteiger partial charge in [-0.1, -0.05) is 0 Å². The van der Waals surface area contributed by atoms with Crippen LogP contribution < -0.4 is 15.0 Å². The van der Waals surface area contributed by atoms with Gasteiger partial charge in [-0.3, -0.25) is 4.99 Å². The summed E-state index contributed by atoms with van der Waals surface area (Å²) in [6.45, 7) is 7.67. The van der Waals surface area contributed by atoms with Crippen LogP contribution in [0.2, 0.25) is 0 Å². The van der Waals surface area contributed by atoms with E-state index in [0.717, 1.165) is 31.2 Å². The molecule has 0 saturated carbocycles. The van der Waals surface area contributed by atoms with Gasteiger partial charge in [-0.15, -0.1) is 24.9 Å². The van der Waals surface area contributed by atoms with Crippen LogP contribution in [0.25, 0.3) is 10.9 Å². The molecule has 2 fully saturated rings. The summed E-state index contributed by atoms with van der Waals surface area (Å²) in [6.07, 6.45) is -3.29. The largest absolute Gasteiger partial charge is 0.573 e. The topological polar surface area (TPSA) is 62.6 Å². The maximum atomic E-state index is 12.6. The van der Waals surface area contributed by atoms with Crippen molar-refractivity contribution in [2.45, 2.75) is 31.0 Å². The minimum atomic E-state index is -4.73. The number of ether oxygens (including phenoxy) is 1. The highest BCUT2D eigenvalue weighted by Gasteiger charge is 2.58. The predicted molar refractivity (Wildman–Crippen MR) is 107 cm³/mol. The lowest BCUT2D eigenvalue weighted by atomic mass is 9.67. The van der Waals surface area contributed by atoms with E-state index in [4.69, 9.17) is 4.99 Å². The minimum absolute atomic E-state index is 0.101. The van der Waals surface area contributed by atoms with Gasteiger partial charge in [0.2, 0.25) is 0 Å². The molecule has 3 aliphatic rings. The van der Waals surface area contributed by atoms with Crippen molar-refractivity contribution in [1.82, 2.24) is 15.3 Å². The number of alkyl halides is 3. The molecule has 0 amide bonds. The second-order valence-corrected chi connectivity index (χ2v) is 10.2. The van der Waals surface area contributed by atoms with E-state index < -0.39 is 6.36 Å². The first-order valence-electron chi connectivity index (χ1n) is 9.36. The Labute approximate surface area is 169 Å². The second-order valence-electron chi connectivity index (χ2n) is 8.47. The summed E-state index contributed by atoms with van der Waals surface area (Å²) in [5.74, 6) is 0.374. The molecule has 1 aromatic heterocycles. The van der Waals surface area contributed by atoms with Crippen LogP contribution in [-0.4, -0.2) is 58.3 Å². The monoisotopic (exact) mass is 423 g/mol. The number of nitrogens with zero attached hydrogens (tertiary/aromatic N) is 4. The summed E-state index contributed by atoms with van der Waals surface area (Å²) in [6, 6.07) is 4.39. The molecular formula is C19H20F3N5OS. The van der Waals surface area contributed by atoms with Crippen molar-refractivity contribution >= 4 is 33.5 Å². The summed E-state index contributed by atoms with van der Waals surface area (Å²) in [7, 11) is 0. The molecule has 1 atom stereocenters. The number of benzene rings is 1. The Balaban J connectivity index is 1.37. The molecule has 0 aliphatic carbocycles. The Morgan fingerprint density at radius 2 is 2.03 bits per heavy atom. The molecule has 6 nitrogen and oxygen atoms in total. The highest BCUT2D eigenvalue weighted by atomic mass is 32.2. The zero-order valence-corrected chi connectivity index (χ0v) is 16.8. The van der Waals surface area contributed by atoms with Gasteiger partial charge in [0, 0.05) is 35.2 Å². The summed E-state index contributed by atoms with van der Waals surface area (Å²) in [5, 5.41) is 5.22. The zero-order valence-electron chi connectivity index (χ0n) is 16.0. The van der Waals surface area contributed by atoms with Crippen LogP contribution in [0, 0.1) is 5.41 Å². The van der Waals surface area contributed by atoms with Gasteiger partial charge in [0.25, 0.3) is 0 Å². The molecule has 4 heterocycles. The van der Waals surface area contributed by atoms with Gasteiger partial charge in [-0.25, -0.2) is 9.97 Å². The molecule has 1 N–H and O–H groups in total. The van der Waals surface area contributed by atoms with Crippen LogP contribution in [0.5, 0.6) is 5.75 Å². The minimum Gasteiger partial charge on any atom is -0.406 e. The van der Waals surface area contributed by atoms with E-state index in [9.17, 15) is 13.2 Å². The van der Waals surface area contributed by atoms with Crippen LogP contribution >= 0.6 is 11.8 Å². The van der Waals surface area contributed by atoms with Crippen LogP contribution in [0.4, 0.5) is 19.0 Å². The van der Waals surface area contributed by atoms with Crippen LogP contribution in [0.15, 0.2) is 29.5 Å². The first kappa shape index (κ1) is 18.9. The summed E-state index contributed by atoms with van der Waals surface area (Å²) >= 11 is 1.83. The number of nitrogens with one attached hydrogen (secondary N) is 1. The van der Waals surface area contributed by atoms with Crippen molar-refractivity contribution in [1.29, 1.82) is 0 Å². The van der Waals surface area contributed by atoms with Crippen molar-refractivity contribution in [2.75, 3.05) is 31.1 Å². The average molecular weight is 423 g/mol. The maximum absolute atomic E-state index is 12.6. The molecule has 0 bridgehead atoms. The SMILES string of the molecule is CC1(C)CN=C(C2NCC23CN(c2ncnc4ccc(OC(F)(F)F)cc24)C3)S1. The fraction of sp³-hybridized carbons (Fsp3) is 0.526. The highest BCUT2D eigenvalue weighted by molar-refractivity contribution is 8.15. The van der Waals surface area contributed by atoms with Gasteiger partial charge in [0.1, 0.15) is 17.9 Å². The maximum Gasteiger partial charge on any atom is 0.573 e. The molecule has 0 radical (unpaired) electrons. The molecule has 2 aromatic rings. The molecule has 10 heteroatoms. The lowest BCUT2D eigenvalue weighted by Gasteiger charge is -2.61. The summed E-state index contributed by atoms with van der Waals surface area (Å²) in [4.78, 5) is 15.4. The third-order valence-electron chi connectivity index (χ3n) is 5.64. The molecule has 5 rings (SSSR count). The Kier molecular flexibility index (Phi) is 4.05. The molecule has 1 unspecified atom stereocenters. The van der Waals surface area contributed by atoms with Gasteiger partial charge in [-0.05, 0) is 32.0 Å². The molecule has 3 aliphatic heterocycles. The molecule has 29 heavy (non-hydrogen) atoms. The van der Waals surface area contributed by atoms with E-state index in [1.54, 1.807) is 0 Å². The second kappa shape index (κ2) is 6.21. The van der Waals surface area contributed by atoms with Crippen LogP contribution in [0.3, 0.4) is 0 Å². The van der Waals surface area contributed by atoms with Crippen molar-refractivity contribution in [3.05, 3.63) is 24.5 Å². The fourth-order valence-electron chi connectivity index (χ4n) is 4.24. The number of anilines is 1. The quantitative estimate of drug-likeness (QED) is 0.818. The van der Waals surface area contributed by atoms with E-state index in [1.807, 2.05) is 11.8 Å². The number of halogens is 3. The molecular weight excluding hydrogens is 403 g/mol. The van der Waals surface area contributed by atoms with Gasteiger partial charge in [0.15, 0.2) is 0 Å². The number of fused-ring (bicyclic) bond motifs is 1. The van der Waals surface area contributed by atoms with Crippen molar-refractivity contribution in [3.63, 3.8) is 0 Å². The van der Waals surface area contributed by atoms with E-state index in [2.05, 4.69) is 38.8 Å². The predicted octanol–water partition coefficient (Wildman–Crippen LogP) is 3.23. The van der Waals surface area contributed by atoms with Gasteiger partial charge in [-0.2, -0.15) is 0 Å². The van der Waals surface area contributed by atoms with Crippen LogP contribution in [0.1, 0.15) is 13.8 Å². The summed E-state index contributed by atoms with van der Waals surface area (Å²) < 4.78 is 42.0. The fourth-order valence-corrected chi connectivity index (χ4v) is 5.51. The van der Waals surface area contributed by atoms with Gasteiger partial charge in [0.05, 0.1) is 23.1 Å². The molecule has 1 aromatic carbocycles. The van der Waals surface area contributed by atoms with E-state index in [0.29, 0.717) is 16.7 Å². The third kappa shape index (κ3) is 3.31. The average Bonchev–Trinajstić information content (AvgIpc) is 2.91. The molecule has 2 saturated heterocycles. The lowest BCUT2D eigenvalue weighted by Crippen LogP contribution is -2.78. The first-order chi connectivity index (χ1) is 13.6. The van der Waals surface area contributed by atoms with Gasteiger partial charge >= 0.3 is 6.36 Å². The number of hydrogen-bond acceptors (Lipinski definition) is 7. The Morgan fingerprint density at radius 3 is 2.66 bits per heavy atom. The van der Waals surface area contributed by atoms with Crippen molar-refractivity contribution in [2.24, 2.45) is 10.4 Å². The van der Waals surface area contributed by atoms with E-state index in [1.165, 1.54) is 24.5 Å².